The number of benzene rings is 1. The maximum atomic E-state index is 12.0. The molecular formula is C23H28N6O3. The summed E-state index contributed by atoms with van der Waals surface area (Å²) in [6, 6.07) is 9.93. The Balaban J connectivity index is 1.62. The zero-order chi connectivity index (χ0) is 22.7. The van der Waals surface area contributed by atoms with E-state index in [4.69, 9.17) is 14.5 Å². The molecule has 9 heteroatoms. The Kier molecular flexibility index (Phi) is 6.36. The van der Waals surface area contributed by atoms with Crippen LogP contribution in [0.4, 0.5) is 10.5 Å². The lowest BCUT2D eigenvalue weighted by Gasteiger charge is -2.35. The van der Waals surface area contributed by atoms with Gasteiger partial charge >= 0.3 is 6.03 Å². The Labute approximate surface area is 187 Å². The van der Waals surface area contributed by atoms with E-state index in [1.807, 2.05) is 56.3 Å². The minimum atomic E-state index is -0.341. The molecule has 2 amide bonds. The van der Waals surface area contributed by atoms with Crippen molar-refractivity contribution >= 4 is 22.8 Å². The second kappa shape index (κ2) is 9.35. The van der Waals surface area contributed by atoms with Gasteiger partial charge in [0.2, 0.25) is 5.88 Å². The maximum absolute atomic E-state index is 12.0. The van der Waals surface area contributed by atoms with E-state index in [0.717, 1.165) is 16.9 Å². The Morgan fingerprint density at radius 3 is 2.72 bits per heavy atom. The largest absolute Gasteiger partial charge is 0.470 e. The fraction of sp³-hybridized carbons (Fsp3) is 0.391. The lowest BCUT2D eigenvalue weighted by Crippen LogP contribution is -2.52. The van der Waals surface area contributed by atoms with E-state index in [-0.39, 0.29) is 18.2 Å². The van der Waals surface area contributed by atoms with Gasteiger partial charge in [-0.05, 0) is 25.1 Å². The number of anilines is 1. The average molecular weight is 437 g/mol. The second-order valence-electron chi connectivity index (χ2n) is 7.91. The van der Waals surface area contributed by atoms with Crippen molar-refractivity contribution in [1.29, 1.82) is 0 Å². The van der Waals surface area contributed by atoms with Gasteiger partial charge in [-0.25, -0.2) is 14.8 Å². The molecule has 1 aromatic carbocycles. The first-order valence-corrected chi connectivity index (χ1v) is 10.6. The monoisotopic (exact) mass is 436 g/mol. The molecule has 1 N–H and O–H groups in total. The van der Waals surface area contributed by atoms with Crippen molar-refractivity contribution in [3.8, 4) is 17.1 Å². The van der Waals surface area contributed by atoms with Crippen molar-refractivity contribution in [3.63, 3.8) is 0 Å². The fourth-order valence-corrected chi connectivity index (χ4v) is 3.66. The average Bonchev–Trinajstić information content (AvgIpc) is 2.83. The Bertz CT molecular complexity index is 1090. The van der Waals surface area contributed by atoms with Crippen LogP contribution in [0.25, 0.3) is 22.3 Å². The van der Waals surface area contributed by atoms with Crippen LogP contribution in [0.2, 0.25) is 0 Å². The van der Waals surface area contributed by atoms with Crippen molar-refractivity contribution < 1.29 is 14.3 Å². The molecular weight excluding hydrogens is 408 g/mol. The number of fused-ring (bicyclic) bond motifs is 1. The number of urea groups is 1. The van der Waals surface area contributed by atoms with Crippen LogP contribution < -0.4 is 15.0 Å². The first kappa shape index (κ1) is 21.8. The highest BCUT2D eigenvalue weighted by Gasteiger charge is 2.30. The highest BCUT2D eigenvalue weighted by molar-refractivity contribution is 5.83. The summed E-state index contributed by atoms with van der Waals surface area (Å²) in [5, 5.41) is 2.66. The van der Waals surface area contributed by atoms with Gasteiger partial charge < -0.3 is 24.6 Å². The maximum Gasteiger partial charge on any atom is 0.317 e. The van der Waals surface area contributed by atoms with Crippen molar-refractivity contribution in [3.05, 3.63) is 42.7 Å². The number of ether oxygens (including phenoxy) is 2. The van der Waals surface area contributed by atoms with Gasteiger partial charge in [0.15, 0.2) is 5.52 Å². The summed E-state index contributed by atoms with van der Waals surface area (Å²) in [5.74, 6) is 0.399. The predicted octanol–water partition coefficient (Wildman–Crippen LogP) is 2.57. The molecule has 1 aliphatic heterocycles. The molecule has 32 heavy (non-hydrogen) atoms. The van der Waals surface area contributed by atoms with Gasteiger partial charge in [-0.3, -0.25) is 4.98 Å². The van der Waals surface area contributed by atoms with E-state index in [1.54, 1.807) is 24.3 Å². The number of hydrogen-bond acceptors (Lipinski definition) is 7. The molecule has 2 aromatic heterocycles. The van der Waals surface area contributed by atoms with Gasteiger partial charge in [0.05, 0.1) is 24.4 Å². The predicted molar refractivity (Wildman–Crippen MR) is 123 cm³/mol. The molecule has 0 aliphatic carbocycles. The molecule has 9 nitrogen and oxygen atoms in total. The molecule has 0 spiro atoms. The number of rotatable bonds is 5. The Morgan fingerprint density at radius 2 is 2.00 bits per heavy atom. The highest BCUT2D eigenvalue weighted by Crippen LogP contribution is 2.29. The molecule has 1 saturated heterocycles. The van der Waals surface area contributed by atoms with Crippen LogP contribution in [0.5, 0.6) is 5.88 Å². The van der Waals surface area contributed by atoms with Gasteiger partial charge in [0, 0.05) is 51.3 Å². The second-order valence-corrected chi connectivity index (χ2v) is 7.91. The van der Waals surface area contributed by atoms with E-state index in [9.17, 15) is 4.79 Å². The number of morpholine rings is 1. The van der Waals surface area contributed by atoms with Crippen LogP contribution in [-0.2, 0) is 4.74 Å². The topological polar surface area (TPSA) is 92.7 Å². The summed E-state index contributed by atoms with van der Waals surface area (Å²) >= 11 is 0. The molecule has 168 valence electrons. The SMILES string of the molecule is CNC(=O)N1CCO[C@H](C(C)Oc2nc(-c3ccc(N(C)C)cc3)cc3nccnc23)C1. The zero-order valence-electron chi connectivity index (χ0n) is 18.8. The Hall–Kier alpha value is -3.46. The number of aromatic nitrogens is 3. The lowest BCUT2D eigenvalue weighted by atomic mass is 10.1. The van der Waals surface area contributed by atoms with Gasteiger partial charge in [-0.1, -0.05) is 12.1 Å². The van der Waals surface area contributed by atoms with Gasteiger partial charge in [-0.2, -0.15) is 0 Å². The standard InChI is InChI=1S/C23H28N6O3/c1-15(20-14-29(11-12-31-20)23(30)24-2)32-22-21-19(25-9-10-26-21)13-18(27-22)16-5-7-17(8-6-16)28(3)4/h5-10,13,15,20H,11-12,14H2,1-4H3,(H,24,30)/t15?,20-/m0/s1. The third kappa shape index (κ3) is 4.57. The van der Waals surface area contributed by atoms with E-state index >= 15 is 0 Å². The molecule has 4 rings (SSSR count). The van der Waals surface area contributed by atoms with Crippen LogP contribution in [0.15, 0.2) is 42.7 Å². The van der Waals surface area contributed by atoms with Crippen LogP contribution in [0.1, 0.15) is 6.92 Å². The molecule has 1 fully saturated rings. The number of amides is 2. The van der Waals surface area contributed by atoms with Crippen LogP contribution in [0.3, 0.4) is 0 Å². The zero-order valence-corrected chi connectivity index (χ0v) is 18.8. The van der Waals surface area contributed by atoms with Crippen LogP contribution in [-0.4, -0.2) is 78.9 Å². The quantitative estimate of drug-likeness (QED) is 0.657. The summed E-state index contributed by atoms with van der Waals surface area (Å²) < 4.78 is 12.1. The van der Waals surface area contributed by atoms with Crippen molar-refractivity contribution in [1.82, 2.24) is 25.2 Å². The number of hydrogen-bond donors (Lipinski definition) is 1. The summed E-state index contributed by atoms with van der Waals surface area (Å²) in [6.45, 7) is 3.36. The lowest BCUT2D eigenvalue weighted by molar-refractivity contribution is -0.0646. The summed E-state index contributed by atoms with van der Waals surface area (Å²) in [4.78, 5) is 29.4. The van der Waals surface area contributed by atoms with Crippen molar-refractivity contribution in [2.24, 2.45) is 0 Å². The van der Waals surface area contributed by atoms with E-state index < -0.39 is 0 Å². The van der Waals surface area contributed by atoms with Crippen LogP contribution in [0, 0.1) is 0 Å². The number of carbonyl (C=O) groups excluding carboxylic acids is 1. The number of carbonyl (C=O) groups is 1. The van der Waals surface area contributed by atoms with Crippen LogP contribution >= 0.6 is 0 Å². The fourth-order valence-electron chi connectivity index (χ4n) is 3.66. The molecule has 0 saturated carbocycles. The molecule has 3 aromatic rings. The minimum Gasteiger partial charge on any atom is -0.470 e. The highest BCUT2D eigenvalue weighted by atomic mass is 16.5. The summed E-state index contributed by atoms with van der Waals surface area (Å²) in [5.41, 5.74) is 4.11. The first-order valence-electron chi connectivity index (χ1n) is 10.6. The van der Waals surface area contributed by atoms with E-state index in [1.165, 1.54) is 0 Å². The molecule has 3 heterocycles. The number of nitrogens with one attached hydrogen (secondary N) is 1. The molecule has 1 aliphatic rings. The molecule has 0 bridgehead atoms. The Morgan fingerprint density at radius 1 is 1.25 bits per heavy atom. The van der Waals surface area contributed by atoms with Gasteiger partial charge in [0.25, 0.3) is 0 Å². The summed E-state index contributed by atoms with van der Waals surface area (Å²) in [7, 11) is 5.63. The first-order chi connectivity index (χ1) is 15.5. The third-order valence-corrected chi connectivity index (χ3v) is 5.52. The minimum absolute atomic E-state index is 0.122. The van der Waals surface area contributed by atoms with Crippen molar-refractivity contribution in [2.45, 2.75) is 19.1 Å². The van der Waals surface area contributed by atoms with E-state index in [0.29, 0.717) is 36.6 Å². The molecule has 2 atom stereocenters. The number of pyridine rings is 1. The smallest absolute Gasteiger partial charge is 0.317 e. The molecule has 0 radical (unpaired) electrons. The van der Waals surface area contributed by atoms with Crippen molar-refractivity contribution in [2.75, 3.05) is 45.7 Å². The summed E-state index contributed by atoms with van der Waals surface area (Å²) in [6.07, 6.45) is 2.65. The third-order valence-electron chi connectivity index (χ3n) is 5.52. The van der Waals surface area contributed by atoms with Gasteiger partial charge in [-0.15, -0.1) is 0 Å². The number of nitrogens with zero attached hydrogens (tertiary/aromatic N) is 5. The normalized spacial score (nSPS) is 17.1. The molecule has 1 unspecified atom stereocenters. The van der Waals surface area contributed by atoms with Gasteiger partial charge in [0.1, 0.15) is 12.2 Å². The van der Waals surface area contributed by atoms with E-state index in [2.05, 4.69) is 15.3 Å².